The highest BCUT2D eigenvalue weighted by Crippen LogP contribution is 2.36. The summed E-state index contributed by atoms with van der Waals surface area (Å²) in [4.78, 5) is 31.9. The lowest BCUT2D eigenvalue weighted by molar-refractivity contribution is -0.143. The quantitative estimate of drug-likeness (QED) is 0.425. The van der Waals surface area contributed by atoms with Gasteiger partial charge in [0.15, 0.2) is 16.3 Å². The Bertz CT molecular complexity index is 1540. The molecular weight excluding hydrogens is 523 g/mol. The molecule has 0 saturated carbocycles. The lowest BCUT2D eigenvalue weighted by atomic mass is 9.96. The molecule has 2 aromatic carbocycles. The molecule has 188 valence electrons. The third-order valence-electron chi connectivity index (χ3n) is 5.52. The number of thiazole rings is 1. The van der Waals surface area contributed by atoms with Crippen LogP contribution < -0.4 is 24.4 Å². The molecular formula is C26H24Cl2N2O5S. The van der Waals surface area contributed by atoms with Crippen LogP contribution in [0.2, 0.25) is 10.0 Å². The second-order valence-corrected chi connectivity index (χ2v) is 10.2. The molecule has 1 aromatic heterocycles. The third kappa shape index (κ3) is 4.93. The second-order valence-electron chi connectivity index (χ2n) is 8.33. The maximum atomic E-state index is 13.7. The van der Waals surface area contributed by atoms with Gasteiger partial charge in [0.2, 0.25) is 0 Å². The van der Waals surface area contributed by atoms with Crippen LogP contribution in [0.25, 0.3) is 6.08 Å². The molecule has 0 radical (unpaired) electrons. The summed E-state index contributed by atoms with van der Waals surface area (Å²) in [5, 5.41) is 0.896. The molecule has 2 heterocycles. The Morgan fingerprint density at radius 3 is 2.44 bits per heavy atom. The van der Waals surface area contributed by atoms with Crippen molar-refractivity contribution in [2.75, 3.05) is 14.2 Å². The minimum atomic E-state index is -0.721. The highest BCUT2D eigenvalue weighted by molar-refractivity contribution is 7.07. The van der Waals surface area contributed by atoms with Crippen LogP contribution >= 0.6 is 34.5 Å². The van der Waals surface area contributed by atoms with E-state index in [1.165, 1.54) is 30.1 Å². The number of aromatic nitrogens is 1. The van der Waals surface area contributed by atoms with Crippen molar-refractivity contribution in [2.24, 2.45) is 4.99 Å². The van der Waals surface area contributed by atoms with Gasteiger partial charge in [-0.1, -0.05) is 46.7 Å². The summed E-state index contributed by atoms with van der Waals surface area (Å²) < 4.78 is 18.1. The van der Waals surface area contributed by atoms with Gasteiger partial charge in [0.25, 0.3) is 5.56 Å². The van der Waals surface area contributed by atoms with Crippen molar-refractivity contribution >= 4 is 46.6 Å². The van der Waals surface area contributed by atoms with Crippen LogP contribution in [-0.4, -0.2) is 30.9 Å². The van der Waals surface area contributed by atoms with Crippen molar-refractivity contribution in [3.63, 3.8) is 0 Å². The monoisotopic (exact) mass is 546 g/mol. The van der Waals surface area contributed by atoms with E-state index in [0.717, 1.165) is 0 Å². The fourth-order valence-electron chi connectivity index (χ4n) is 3.99. The van der Waals surface area contributed by atoms with E-state index in [1.807, 2.05) is 0 Å². The lowest BCUT2D eigenvalue weighted by Crippen LogP contribution is -2.40. The van der Waals surface area contributed by atoms with E-state index in [4.69, 9.17) is 37.4 Å². The van der Waals surface area contributed by atoms with Crippen LogP contribution in [0.3, 0.4) is 0 Å². The Kier molecular flexibility index (Phi) is 7.59. The van der Waals surface area contributed by atoms with Crippen LogP contribution in [0.15, 0.2) is 57.5 Å². The average molecular weight is 547 g/mol. The molecule has 7 nitrogen and oxygen atoms in total. The second kappa shape index (κ2) is 10.5. The highest BCUT2D eigenvalue weighted by Gasteiger charge is 2.33. The van der Waals surface area contributed by atoms with Gasteiger partial charge >= 0.3 is 5.97 Å². The predicted molar refractivity (Wildman–Crippen MR) is 141 cm³/mol. The molecule has 1 aliphatic rings. The maximum Gasteiger partial charge on any atom is 0.338 e. The lowest BCUT2D eigenvalue weighted by Gasteiger charge is -2.25. The first kappa shape index (κ1) is 26.0. The topological polar surface area (TPSA) is 79.1 Å². The number of rotatable bonds is 6. The number of hydrogen-bond acceptors (Lipinski definition) is 7. The molecule has 36 heavy (non-hydrogen) atoms. The number of carbonyl (C=O) groups is 1. The van der Waals surface area contributed by atoms with Crippen LogP contribution in [0, 0.1) is 0 Å². The van der Waals surface area contributed by atoms with Crippen molar-refractivity contribution < 1.29 is 19.0 Å². The van der Waals surface area contributed by atoms with Gasteiger partial charge in [0, 0.05) is 5.02 Å². The zero-order valence-electron chi connectivity index (χ0n) is 20.3. The van der Waals surface area contributed by atoms with Gasteiger partial charge in [0.05, 0.1) is 47.2 Å². The Hall–Kier alpha value is -3.07. The summed E-state index contributed by atoms with van der Waals surface area (Å²) in [7, 11) is 3.01. The molecule has 0 bridgehead atoms. The first-order valence-electron chi connectivity index (χ1n) is 11.0. The Morgan fingerprint density at radius 1 is 1.14 bits per heavy atom. The zero-order valence-corrected chi connectivity index (χ0v) is 22.6. The summed E-state index contributed by atoms with van der Waals surface area (Å²) in [6.07, 6.45) is 1.38. The van der Waals surface area contributed by atoms with E-state index in [-0.39, 0.29) is 11.7 Å². The number of esters is 1. The maximum absolute atomic E-state index is 13.7. The minimum absolute atomic E-state index is 0.299. The number of methoxy groups -OCH3 is 2. The highest BCUT2D eigenvalue weighted by atomic mass is 35.5. The number of ether oxygens (including phenoxy) is 3. The van der Waals surface area contributed by atoms with Crippen molar-refractivity contribution in [1.29, 1.82) is 0 Å². The normalized spacial score (nSPS) is 15.6. The smallest absolute Gasteiger partial charge is 0.338 e. The first-order chi connectivity index (χ1) is 17.1. The molecule has 0 saturated heterocycles. The number of allylic oxidation sites excluding steroid dienone is 1. The number of benzene rings is 2. The van der Waals surface area contributed by atoms with Gasteiger partial charge in [0.1, 0.15) is 0 Å². The molecule has 1 atom stereocenters. The summed E-state index contributed by atoms with van der Waals surface area (Å²) >= 11 is 13.7. The van der Waals surface area contributed by atoms with Gasteiger partial charge in [-0.05, 0) is 62.2 Å². The Morgan fingerprint density at radius 2 is 1.83 bits per heavy atom. The number of nitrogens with zero attached hydrogens (tertiary/aromatic N) is 2. The summed E-state index contributed by atoms with van der Waals surface area (Å²) in [5.41, 5.74) is 1.86. The molecule has 10 heteroatoms. The SMILES string of the molecule is COc1cc(/C=c2\sc3n(c2=O)[C@H](c2ccc(Cl)cc2)C(C(=O)OC(C)C)=C(C)N=3)cc(Cl)c1OC. The van der Waals surface area contributed by atoms with E-state index in [2.05, 4.69) is 4.99 Å². The van der Waals surface area contributed by atoms with Crippen molar-refractivity contribution in [3.8, 4) is 11.5 Å². The van der Waals surface area contributed by atoms with E-state index >= 15 is 0 Å². The number of fused-ring (bicyclic) bond motifs is 1. The first-order valence-corrected chi connectivity index (χ1v) is 12.6. The molecule has 0 fully saturated rings. The predicted octanol–water partition coefficient (Wildman–Crippen LogP) is 4.51. The summed E-state index contributed by atoms with van der Waals surface area (Å²) in [6.45, 7) is 5.29. The average Bonchev–Trinajstić information content (AvgIpc) is 3.12. The van der Waals surface area contributed by atoms with E-state index in [0.29, 0.717) is 53.3 Å². The minimum Gasteiger partial charge on any atom is -0.493 e. The van der Waals surface area contributed by atoms with Gasteiger partial charge in [-0.3, -0.25) is 9.36 Å². The summed E-state index contributed by atoms with van der Waals surface area (Å²) in [5.74, 6) is 0.328. The number of halogens is 2. The number of carbonyl (C=O) groups excluding carboxylic acids is 1. The zero-order chi connectivity index (χ0) is 26.1. The molecule has 0 aliphatic carbocycles. The molecule has 0 N–H and O–H groups in total. The van der Waals surface area contributed by atoms with Crippen LogP contribution in [0.5, 0.6) is 11.5 Å². The van der Waals surface area contributed by atoms with E-state index in [1.54, 1.807) is 63.2 Å². The van der Waals surface area contributed by atoms with Crippen molar-refractivity contribution in [2.45, 2.75) is 32.9 Å². The fraction of sp³-hybridized carbons (Fsp3) is 0.269. The van der Waals surface area contributed by atoms with Crippen LogP contribution in [0.4, 0.5) is 0 Å². The van der Waals surface area contributed by atoms with E-state index < -0.39 is 12.0 Å². The molecule has 0 unspecified atom stereocenters. The molecule has 0 amide bonds. The standard InChI is InChI=1S/C26H24Cl2N2O5S/c1-13(2)35-25(32)21-14(3)29-26-30(22(21)16-6-8-17(27)9-7-16)24(31)20(36-26)12-15-10-18(28)23(34-5)19(11-15)33-4/h6-13,22H,1-5H3/b20-12-/t22-/m1/s1. The largest absolute Gasteiger partial charge is 0.493 e. The third-order valence-corrected chi connectivity index (χ3v) is 7.04. The fourth-order valence-corrected chi connectivity index (χ4v) is 5.46. The van der Waals surface area contributed by atoms with Crippen molar-refractivity contribution in [3.05, 3.63) is 88.5 Å². The molecule has 1 aliphatic heterocycles. The van der Waals surface area contributed by atoms with Gasteiger partial charge in [-0.15, -0.1) is 0 Å². The van der Waals surface area contributed by atoms with Crippen LogP contribution in [0.1, 0.15) is 37.9 Å². The number of hydrogen-bond donors (Lipinski definition) is 0. The Labute approximate surface area is 221 Å². The van der Waals surface area contributed by atoms with Gasteiger partial charge in [-0.25, -0.2) is 9.79 Å². The molecule has 0 spiro atoms. The molecule has 3 aromatic rings. The van der Waals surface area contributed by atoms with Gasteiger partial charge < -0.3 is 14.2 Å². The van der Waals surface area contributed by atoms with Gasteiger partial charge in [-0.2, -0.15) is 0 Å². The van der Waals surface area contributed by atoms with Crippen LogP contribution in [-0.2, 0) is 9.53 Å². The van der Waals surface area contributed by atoms with E-state index in [9.17, 15) is 9.59 Å². The Balaban J connectivity index is 1.93. The molecule has 4 rings (SSSR count). The summed E-state index contributed by atoms with van der Waals surface area (Å²) in [6, 6.07) is 9.73. The van der Waals surface area contributed by atoms with Crippen molar-refractivity contribution in [1.82, 2.24) is 4.57 Å².